The summed E-state index contributed by atoms with van der Waals surface area (Å²) in [7, 11) is 0. The number of guanidine groups is 1. The van der Waals surface area contributed by atoms with Crippen LogP contribution < -0.4 is 10.2 Å². The van der Waals surface area contributed by atoms with Gasteiger partial charge in [0.15, 0.2) is 5.96 Å². The van der Waals surface area contributed by atoms with Gasteiger partial charge >= 0.3 is 0 Å². The van der Waals surface area contributed by atoms with Crippen LogP contribution in [0.1, 0.15) is 19.0 Å². The van der Waals surface area contributed by atoms with Gasteiger partial charge in [0, 0.05) is 90.3 Å². The number of hydrogen-bond donors (Lipinski definition) is 1. The molecule has 32 heavy (non-hydrogen) atoms. The normalized spacial score (nSPS) is 18.8. The lowest BCUT2D eigenvalue weighted by molar-refractivity contribution is 0.169. The van der Waals surface area contributed by atoms with Crippen LogP contribution in [0.2, 0.25) is 0 Å². The van der Waals surface area contributed by atoms with Crippen LogP contribution in [0, 0.1) is 0 Å². The van der Waals surface area contributed by atoms with Crippen molar-refractivity contribution in [2.24, 2.45) is 4.99 Å². The zero-order valence-corrected chi connectivity index (χ0v) is 19.3. The highest BCUT2D eigenvalue weighted by Gasteiger charge is 2.20. The number of aliphatic imine (C=N–C) groups is 1. The van der Waals surface area contributed by atoms with Gasteiger partial charge in [0.05, 0.1) is 5.69 Å². The van der Waals surface area contributed by atoms with Crippen LogP contribution in [0.3, 0.4) is 0 Å². The molecule has 4 rings (SSSR count). The molecule has 2 aliphatic heterocycles. The van der Waals surface area contributed by atoms with Crippen LogP contribution in [-0.4, -0.2) is 97.8 Å². The highest BCUT2D eigenvalue weighted by Crippen LogP contribution is 2.15. The van der Waals surface area contributed by atoms with Crippen molar-refractivity contribution in [3.05, 3.63) is 48.4 Å². The lowest BCUT2D eigenvalue weighted by Gasteiger charge is -2.36. The molecule has 0 bridgehead atoms. The molecule has 0 amide bonds. The molecule has 1 aromatic heterocycles. The minimum atomic E-state index is 0.857. The summed E-state index contributed by atoms with van der Waals surface area (Å²) >= 11 is 0. The van der Waals surface area contributed by atoms with Gasteiger partial charge in [-0.2, -0.15) is 0 Å². The number of piperazine rings is 2. The predicted octanol–water partition coefficient (Wildman–Crippen LogP) is 1.97. The van der Waals surface area contributed by atoms with E-state index in [0.29, 0.717) is 0 Å². The maximum atomic E-state index is 4.95. The van der Waals surface area contributed by atoms with E-state index >= 15 is 0 Å². The summed E-state index contributed by atoms with van der Waals surface area (Å²) in [6.45, 7) is 14.4. The lowest BCUT2D eigenvalue weighted by Crippen LogP contribution is -2.52. The van der Waals surface area contributed by atoms with Gasteiger partial charge in [0.1, 0.15) is 6.26 Å². The molecule has 0 unspecified atom stereocenters. The Morgan fingerprint density at radius 2 is 1.72 bits per heavy atom. The average Bonchev–Trinajstić information content (AvgIpc) is 3.36. The van der Waals surface area contributed by atoms with E-state index in [1.54, 1.807) is 6.26 Å². The zero-order chi connectivity index (χ0) is 22.0. The molecule has 2 fully saturated rings. The third-order valence-corrected chi connectivity index (χ3v) is 6.27. The first-order chi connectivity index (χ1) is 15.8. The highest BCUT2D eigenvalue weighted by molar-refractivity contribution is 5.80. The van der Waals surface area contributed by atoms with E-state index in [4.69, 9.17) is 9.52 Å². The van der Waals surface area contributed by atoms with Crippen LogP contribution in [0.4, 0.5) is 5.69 Å². The summed E-state index contributed by atoms with van der Waals surface area (Å²) in [5.41, 5.74) is 2.34. The minimum Gasteiger partial charge on any atom is -0.369 e. The second-order valence-corrected chi connectivity index (χ2v) is 8.51. The number of benzene rings is 1. The number of nitrogens with zero attached hydrogens (tertiary/aromatic N) is 6. The Hall–Kier alpha value is -2.58. The Kier molecular flexibility index (Phi) is 8.39. The monoisotopic (exact) mass is 439 g/mol. The first-order valence-electron chi connectivity index (χ1n) is 12.0. The topological polar surface area (TPSA) is 63.4 Å². The molecule has 8 heteroatoms. The fourth-order valence-corrected chi connectivity index (χ4v) is 4.44. The quantitative estimate of drug-likeness (QED) is 0.383. The third-order valence-electron chi connectivity index (χ3n) is 6.27. The molecule has 0 atom stereocenters. The molecular weight excluding hydrogens is 402 g/mol. The molecule has 0 saturated carbocycles. The van der Waals surface area contributed by atoms with Gasteiger partial charge in [-0.25, -0.2) is 0 Å². The summed E-state index contributed by atoms with van der Waals surface area (Å²) in [5, 5.41) is 7.51. The highest BCUT2D eigenvalue weighted by atomic mass is 16.5. The van der Waals surface area contributed by atoms with Crippen LogP contribution in [0.25, 0.3) is 0 Å². The van der Waals surface area contributed by atoms with Crippen molar-refractivity contribution >= 4 is 11.6 Å². The number of rotatable bonds is 8. The van der Waals surface area contributed by atoms with Gasteiger partial charge in [-0.15, -0.1) is 0 Å². The van der Waals surface area contributed by atoms with E-state index in [1.807, 2.05) is 6.07 Å². The first kappa shape index (κ1) is 22.6. The van der Waals surface area contributed by atoms with Crippen LogP contribution in [0.5, 0.6) is 0 Å². The van der Waals surface area contributed by atoms with Crippen molar-refractivity contribution in [3.63, 3.8) is 0 Å². The van der Waals surface area contributed by atoms with E-state index in [-0.39, 0.29) is 0 Å². The second-order valence-electron chi connectivity index (χ2n) is 8.51. The summed E-state index contributed by atoms with van der Waals surface area (Å²) < 4.78 is 4.95. The minimum absolute atomic E-state index is 0.857. The molecule has 1 N–H and O–H groups in total. The molecule has 8 nitrogen and oxygen atoms in total. The molecule has 2 aromatic rings. The van der Waals surface area contributed by atoms with Crippen LogP contribution in [0.15, 0.2) is 52.2 Å². The summed E-state index contributed by atoms with van der Waals surface area (Å²) in [4.78, 5) is 14.8. The molecule has 174 valence electrons. The van der Waals surface area contributed by atoms with Crippen molar-refractivity contribution in [1.82, 2.24) is 25.2 Å². The van der Waals surface area contributed by atoms with E-state index in [0.717, 1.165) is 96.6 Å². The molecule has 2 aliphatic rings. The molecule has 0 radical (unpaired) electrons. The fourth-order valence-electron chi connectivity index (χ4n) is 4.44. The Balaban J connectivity index is 1.16. The summed E-state index contributed by atoms with van der Waals surface area (Å²) in [5.74, 6) is 1.06. The number of anilines is 1. The van der Waals surface area contributed by atoms with Gasteiger partial charge in [0.2, 0.25) is 0 Å². The average molecular weight is 440 g/mol. The maximum absolute atomic E-state index is 4.95. The van der Waals surface area contributed by atoms with Crippen LogP contribution >= 0.6 is 0 Å². The largest absolute Gasteiger partial charge is 0.369 e. The number of aromatic nitrogens is 1. The molecule has 2 saturated heterocycles. The smallest absolute Gasteiger partial charge is 0.194 e. The van der Waals surface area contributed by atoms with Crippen molar-refractivity contribution in [3.8, 4) is 0 Å². The third kappa shape index (κ3) is 6.46. The Bertz CT molecular complexity index is 795. The van der Waals surface area contributed by atoms with Gasteiger partial charge in [-0.3, -0.25) is 14.8 Å². The van der Waals surface area contributed by atoms with Crippen molar-refractivity contribution < 1.29 is 4.52 Å². The van der Waals surface area contributed by atoms with E-state index in [9.17, 15) is 0 Å². The maximum Gasteiger partial charge on any atom is 0.194 e. The Labute approximate surface area is 191 Å². The first-order valence-corrected chi connectivity index (χ1v) is 12.0. The molecular formula is C24H37N7O. The van der Waals surface area contributed by atoms with Gasteiger partial charge in [-0.1, -0.05) is 23.4 Å². The standard InChI is InChI=1S/C24H37N7O/c1-2-25-24(31-18-14-29(15-19-31)21-22-9-20-32-27-22)26-10-6-11-28-12-16-30(17-13-28)23-7-4-3-5-8-23/h3-5,7-9,20H,2,6,10-19,21H2,1H3,(H,25,26). The Morgan fingerprint density at radius 3 is 2.41 bits per heavy atom. The second kappa shape index (κ2) is 11.9. The summed E-state index contributed by atoms with van der Waals surface area (Å²) in [6, 6.07) is 12.7. The zero-order valence-electron chi connectivity index (χ0n) is 19.3. The molecule has 0 aliphatic carbocycles. The van der Waals surface area contributed by atoms with Gasteiger partial charge < -0.3 is 19.6 Å². The number of nitrogens with one attached hydrogen (secondary N) is 1. The van der Waals surface area contributed by atoms with E-state index < -0.39 is 0 Å². The summed E-state index contributed by atoms with van der Waals surface area (Å²) in [6.07, 6.45) is 2.75. The lowest BCUT2D eigenvalue weighted by atomic mass is 10.2. The molecule has 3 heterocycles. The van der Waals surface area contributed by atoms with Crippen molar-refractivity contribution in [2.75, 3.05) is 76.9 Å². The Morgan fingerprint density at radius 1 is 0.969 bits per heavy atom. The van der Waals surface area contributed by atoms with E-state index in [1.165, 1.54) is 5.69 Å². The van der Waals surface area contributed by atoms with E-state index in [2.05, 4.69) is 67.3 Å². The molecule has 0 spiro atoms. The SMILES string of the molecule is CCNC(=NCCCN1CCN(c2ccccc2)CC1)N1CCN(Cc2ccon2)CC1. The number of para-hydroxylation sites is 1. The van der Waals surface area contributed by atoms with Crippen molar-refractivity contribution in [1.29, 1.82) is 0 Å². The fraction of sp³-hybridized carbons (Fsp3) is 0.583. The predicted molar refractivity (Wildman–Crippen MR) is 129 cm³/mol. The number of hydrogen-bond acceptors (Lipinski definition) is 6. The van der Waals surface area contributed by atoms with Gasteiger partial charge in [-0.05, 0) is 25.5 Å². The molecule has 1 aromatic carbocycles. The van der Waals surface area contributed by atoms with Crippen molar-refractivity contribution in [2.45, 2.75) is 19.9 Å². The van der Waals surface area contributed by atoms with Gasteiger partial charge in [0.25, 0.3) is 0 Å². The van der Waals surface area contributed by atoms with Crippen LogP contribution in [-0.2, 0) is 6.54 Å².